The maximum absolute atomic E-state index is 12.9. The van der Waals surface area contributed by atoms with Gasteiger partial charge in [0.15, 0.2) is 0 Å². The van der Waals surface area contributed by atoms with Crippen molar-refractivity contribution in [3.63, 3.8) is 0 Å². The van der Waals surface area contributed by atoms with E-state index in [1.807, 2.05) is 36.5 Å². The highest BCUT2D eigenvalue weighted by Gasteiger charge is 2.27. The maximum Gasteiger partial charge on any atom is 0.338 e. The van der Waals surface area contributed by atoms with Crippen molar-refractivity contribution in [1.29, 1.82) is 0 Å². The van der Waals surface area contributed by atoms with Crippen LogP contribution in [0.4, 0.5) is 0 Å². The lowest BCUT2D eigenvalue weighted by Gasteiger charge is -2.20. The minimum Gasteiger partial charge on any atom is -0.495 e. The average molecular weight is 444 g/mol. The zero-order valence-electron chi connectivity index (χ0n) is 17.7. The normalized spacial score (nSPS) is 11.5. The molecule has 0 saturated heterocycles. The van der Waals surface area contributed by atoms with Crippen LogP contribution in [0.2, 0.25) is 0 Å². The number of carbonyl (C=O) groups is 1. The SMILES string of the molecule is CCN(CC)S(=O)(=O)c1cc(C(=O)OCc2ccc(-n3cccn3)cc2)ccc1OC. The molecule has 0 radical (unpaired) electrons. The molecule has 0 amide bonds. The summed E-state index contributed by atoms with van der Waals surface area (Å²) in [6, 6.07) is 13.5. The van der Waals surface area contributed by atoms with Gasteiger partial charge in [0.05, 0.1) is 18.4 Å². The largest absolute Gasteiger partial charge is 0.495 e. The minimum atomic E-state index is -3.80. The smallest absolute Gasteiger partial charge is 0.338 e. The Morgan fingerprint density at radius 2 is 1.81 bits per heavy atom. The fourth-order valence-corrected chi connectivity index (χ4v) is 4.75. The minimum absolute atomic E-state index is 0.0579. The van der Waals surface area contributed by atoms with Gasteiger partial charge < -0.3 is 9.47 Å². The summed E-state index contributed by atoms with van der Waals surface area (Å²) in [5.41, 5.74) is 1.83. The first-order chi connectivity index (χ1) is 14.9. The number of esters is 1. The lowest BCUT2D eigenvalue weighted by atomic mass is 10.2. The highest BCUT2D eigenvalue weighted by Crippen LogP contribution is 2.28. The Bertz CT molecular complexity index is 1120. The van der Waals surface area contributed by atoms with Gasteiger partial charge in [-0.25, -0.2) is 17.9 Å². The molecule has 0 aliphatic carbocycles. The highest BCUT2D eigenvalue weighted by atomic mass is 32.2. The summed E-state index contributed by atoms with van der Waals surface area (Å²) < 4.78 is 39.5. The second-order valence-electron chi connectivity index (χ2n) is 6.65. The van der Waals surface area contributed by atoms with Gasteiger partial charge in [0, 0.05) is 25.5 Å². The summed E-state index contributed by atoms with van der Waals surface area (Å²) in [7, 11) is -2.41. The van der Waals surface area contributed by atoms with Crippen LogP contribution in [0.15, 0.2) is 65.8 Å². The number of ether oxygens (including phenoxy) is 2. The number of aromatic nitrogens is 2. The van der Waals surface area contributed by atoms with Crippen LogP contribution >= 0.6 is 0 Å². The van der Waals surface area contributed by atoms with Crippen LogP contribution in [-0.2, 0) is 21.4 Å². The fourth-order valence-electron chi connectivity index (χ4n) is 3.11. The molecule has 0 unspecified atom stereocenters. The lowest BCUT2D eigenvalue weighted by Crippen LogP contribution is -2.31. The Balaban J connectivity index is 1.76. The van der Waals surface area contributed by atoms with Crippen molar-refractivity contribution >= 4 is 16.0 Å². The Morgan fingerprint density at radius 1 is 1.10 bits per heavy atom. The van der Waals surface area contributed by atoms with E-state index in [9.17, 15) is 13.2 Å². The predicted molar refractivity (Wildman–Crippen MR) is 116 cm³/mol. The molecule has 0 atom stereocenters. The second kappa shape index (κ2) is 9.76. The number of benzene rings is 2. The van der Waals surface area contributed by atoms with Crippen LogP contribution in [0.1, 0.15) is 29.8 Å². The number of methoxy groups -OCH3 is 1. The standard InChI is InChI=1S/C22H25N3O5S/c1-4-24(5-2)31(27,28)21-15-18(9-12-20(21)29-3)22(26)30-16-17-7-10-19(11-8-17)25-14-6-13-23-25/h6-15H,4-5,16H2,1-3H3. The van der Waals surface area contributed by atoms with Gasteiger partial charge in [0.1, 0.15) is 17.3 Å². The van der Waals surface area contributed by atoms with Gasteiger partial charge in [0.2, 0.25) is 10.0 Å². The Hall–Kier alpha value is -3.17. The molecule has 3 rings (SSSR count). The molecule has 31 heavy (non-hydrogen) atoms. The molecule has 0 aliphatic heterocycles. The third-order valence-electron chi connectivity index (χ3n) is 4.80. The van der Waals surface area contributed by atoms with Crippen LogP contribution < -0.4 is 4.74 Å². The Labute approximate surface area is 182 Å². The number of hydrogen-bond acceptors (Lipinski definition) is 6. The molecule has 164 valence electrons. The van der Waals surface area contributed by atoms with Crippen LogP contribution in [0.3, 0.4) is 0 Å². The van der Waals surface area contributed by atoms with E-state index in [4.69, 9.17) is 9.47 Å². The molecule has 0 bridgehead atoms. The van der Waals surface area contributed by atoms with Crippen LogP contribution in [-0.4, -0.2) is 48.7 Å². The van der Waals surface area contributed by atoms with E-state index in [-0.39, 0.29) is 22.8 Å². The first kappa shape index (κ1) is 22.5. The van der Waals surface area contributed by atoms with Crippen molar-refractivity contribution in [2.24, 2.45) is 0 Å². The van der Waals surface area contributed by atoms with E-state index in [0.29, 0.717) is 13.1 Å². The van der Waals surface area contributed by atoms with Crippen molar-refractivity contribution in [1.82, 2.24) is 14.1 Å². The molecule has 3 aromatic rings. The quantitative estimate of drug-likeness (QED) is 0.472. The third kappa shape index (κ3) is 4.95. The van der Waals surface area contributed by atoms with Crippen LogP contribution in [0, 0.1) is 0 Å². The second-order valence-corrected chi connectivity index (χ2v) is 8.55. The number of hydrogen-bond donors (Lipinski definition) is 0. The molecular formula is C22H25N3O5S. The maximum atomic E-state index is 12.9. The zero-order chi connectivity index (χ0) is 22.4. The van der Waals surface area contributed by atoms with Gasteiger partial charge in [-0.15, -0.1) is 0 Å². The summed E-state index contributed by atoms with van der Waals surface area (Å²) in [4.78, 5) is 12.5. The lowest BCUT2D eigenvalue weighted by molar-refractivity contribution is 0.0472. The molecule has 1 heterocycles. The number of carbonyl (C=O) groups excluding carboxylic acids is 1. The van der Waals surface area contributed by atoms with Crippen molar-refractivity contribution in [3.05, 3.63) is 72.1 Å². The van der Waals surface area contributed by atoms with E-state index in [2.05, 4.69) is 5.10 Å². The highest BCUT2D eigenvalue weighted by molar-refractivity contribution is 7.89. The number of sulfonamides is 1. The molecule has 9 heteroatoms. The Morgan fingerprint density at radius 3 is 2.39 bits per heavy atom. The summed E-state index contributed by atoms with van der Waals surface area (Å²) in [6.07, 6.45) is 3.53. The molecular weight excluding hydrogens is 418 g/mol. The van der Waals surface area contributed by atoms with Gasteiger partial charge in [0.25, 0.3) is 0 Å². The van der Waals surface area contributed by atoms with Gasteiger partial charge >= 0.3 is 5.97 Å². The first-order valence-electron chi connectivity index (χ1n) is 9.85. The van der Waals surface area contributed by atoms with Gasteiger partial charge in [-0.3, -0.25) is 0 Å². The van der Waals surface area contributed by atoms with Crippen LogP contribution in [0.25, 0.3) is 5.69 Å². The van der Waals surface area contributed by atoms with E-state index in [1.54, 1.807) is 24.7 Å². The van der Waals surface area contributed by atoms with Crippen molar-refractivity contribution in [2.75, 3.05) is 20.2 Å². The van der Waals surface area contributed by atoms with Crippen LogP contribution in [0.5, 0.6) is 5.75 Å². The van der Waals surface area contributed by atoms with Gasteiger partial charge in [-0.2, -0.15) is 9.40 Å². The topological polar surface area (TPSA) is 90.7 Å². The van der Waals surface area contributed by atoms with Crippen molar-refractivity contribution in [3.8, 4) is 11.4 Å². The molecule has 0 N–H and O–H groups in total. The number of nitrogens with zero attached hydrogens (tertiary/aromatic N) is 3. The molecule has 0 spiro atoms. The van der Waals surface area contributed by atoms with Crippen molar-refractivity contribution < 1.29 is 22.7 Å². The molecule has 8 nitrogen and oxygen atoms in total. The van der Waals surface area contributed by atoms with E-state index in [1.165, 1.54) is 29.6 Å². The van der Waals surface area contributed by atoms with Gasteiger partial charge in [-0.05, 0) is 42.0 Å². The summed E-state index contributed by atoms with van der Waals surface area (Å²) in [5, 5.41) is 4.17. The van der Waals surface area contributed by atoms with Crippen molar-refractivity contribution in [2.45, 2.75) is 25.3 Å². The van der Waals surface area contributed by atoms with E-state index in [0.717, 1.165) is 11.3 Å². The molecule has 1 aromatic heterocycles. The molecule has 2 aromatic carbocycles. The fraction of sp³-hybridized carbons (Fsp3) is 0.273. The summed E-state index contributed by atoms with van der Waals surface area (Å²) >= 11 is 0. The monoisotopic (exact) mass is 443 g/mol. The number of rotatable bonds is 9. The molecule has 0 fully saturated rings. The van der Waals surface area contributed by atoms with E-state index >= 15 is 0 Å². The van der Waals surface area contributed by atoms with E-state index < -0.39 is 16.0 Å². The third-order valence-corrected chi connectivity index (χ3v) is 6.87. The van der Waals surface area contributed by atoms with Gasteiger partial charge in [-0.1, -0.05) is 26.0 Å². The summed E-state index contributed by atoms with van der Waals surface area (Å²) in [6.45, 7) is 4.19. The molecule has 0 aliphatic rings. The molecule has 0 saturated carbocycles. The summed E-state index contributed by atoms with van der Waals surface area (Å²) in [5.74, 6) is -0.438. The first-order valence-corrected chi connectivity index (χ1v) is 11.3. The predicted octanol–water partition coefficient (Wildman–Crippen LogP) is 3.27. The zero-order valence-corrected chi connectivity index (χ0v) is 18.5. The average Bonchev–Trinajstić information content (AvgIpc) is 3.33. The Kier molecular flexibility index (Phi) is 7.09.